The SMILES string of the molecule is CCCc1[nH]c2cc(Br)ccc2c1CCNC. The van der Waals surface area contributed by atoms with Gasteiger partial charge in [0.15, 0.2) is 0 Å². The zero-order valence-electron chi connectivity index (χ0n) is 10.4. The molecule has 0 spiro atoms. The lowest BCUT2D eigenvalue weighted by molar-refractivity contribution is 0.780. The first-order valence-electron chi connectivity index (χ1n) is 6.19. The smallest absolute Gasteiger partial charge is 0.0470 e. The van der Waals surface area contributed by atoms with Gasteiger partial charge in [0.1, 0.15) is 0 Å². The number of fused-ring (bicyclic) bond motifs is 1. The van der Waals surface area contributed by atoms with Gasteiger partial charge < -0.3 is 10.3 Å². The lowest BCUT2D eigenvalue weighted by Gasteiger charge is -2.03. The number of aryl methyl sites for hydroxylation is 1. The summed E-state index contributed by atoms with van der Waals surface area (Å²) >= 11 is 3.53. The van der Waals surface area contributed by atoms with Crippen LogP contribution in [0.2, 0.25) is 0 Å². The highest BCUT2D eigenvalue weighted by Gasteiger charge is 2.10. The number of nitrogens with one attached hydrogen (secondary N) is 2. The van der Waals surface area contributed by atoms with Crippen LogP contribution in [0.5, 0.6) is 0 Å². The van der Waals surface area contributed by atoms with Crippen molar-refractivity contribution in [1.29, 1.82) is 0 Å². The summed E-state index contributed by atoms with van der Waals surface area (Å²) in [6.45, 7) is 3.25. The van der Waals surface area contributed by atoms with E-state index in [-0.39, 0.29) is 0 Å². The molecule has 0 aliphatic carbocycles. The Morgan fingerprint density at radius 2 is 2.12 bits per heavy atom. The van der Waals surface area contributed by atoms with Crippen LogP contribution < -0.4 is 5.32 Å². The Labute approximate surface area is 111 Å². The van der Waals surface area contributed by atoms with Crippen molar-refractivity contribution in [3.8, 4) is 0 Å². The van der Waals surface area contributed by atoms with Crippen molar-refractivity contribution in [2.75, 3.05) is 13.6 Å². The molecule has 0 fully saturated rings. The van der Waals surface area contributed by atoms with Crippen LogP contribution in [-0.4, -0.2) is 18.6 Å². The molecule has 1 aromatic carbocycles. The summed E-state index contributed by atoms with van der Waals surface area (Å²) in [6.07, 6.45) is 3.40. The highest BCUT2D eigenvalue weighted by Crippen LogP contribution is 2.26. The van der Waals surface area contributed by atoms with E-state index in [0.29, 0.717) is 0 Å². The van der Waals surface area contributed by atoms with Gasteiger partial charge in [-0.3, -0.25) is 0 Å². The van der Waals surface area contributed by atoms with Gasteiger partial charge >= 0.3 is 0 Å². The lowest BCUT2D eigenvalue weighted by Crippen LogP contribution is -2.11. The van der Waals surface area contributed by atoms with E-state index >= 15 is 0 Å². The van der Waals surface area contributed by atoms with E-state index in [9.17, 15) is 0 Å². The van der Waals surface area contributed by atoms with Crippen molar-refractivity contribution in [3.63, 3.8) is 0 Å². The van der Waals surface area contributed by atoms with Gasteiger partial charge in [0.05, 0.1) is 0 Å². The zero-order valence-corrected chi connectivity index (χ0v) is 12.0. The number of rotatable bonds is 5. The van der Waals surface area contributed by atoms with Crippen LogP contribution >= 0.6 is 15.9 Å². The zero-order chi connectivity index (χ0) is 12.3. The van der Waals surface area contributed by atoms with Gasteiger partial charge in [-0.1, -0.05) is 35.3 Å². The number of H-pyrrole nitrogens is 1. The van der Waals surface area contributed by atoms with E-state index in [0.717, 1.165) is 23.9 Å². The quantitative estimate of drug-likeness (QED) is 0.866. The van der Waals surface area contributed by atoms with Gasteiger partial charge in [-0.15, -0.1) is 0 Å². The fourth-order valence-corrected chi connectivity index (χ4v) is 2.64. The molecule has 0 amide bonds. The molecule has 2 rings (SSSR count). The van der Waals surface area contributed by atoms with Gasteiger partial charge in [-0.05, 0) is 44.1 Å². The Bertz CT molecular complexity index is 502. The highest BCUT2D eigenvalue weighted by atomic mass is 79.9. The van der Waals surface area contributed by atoms with Crippen LogP contribution in [0.15, 0.2) is 22.7 Å². The second-order valence-electron chi connectivity index (χ2n) is 4.38. The second-order valence-corrected chi connectivity index (χ2v) is 5.29. The monoisotopic (exact) mass is 294 g/mol. The third-order valence-corrected chi connectivity index (χ3v) is 3.57. The number of benzene rings is 1. The number of hydrogen-bond donors (Lipinski definition) is 2. The van der Waals surface area contributed by atoms with Crippen LogP contribution in [0.25, 0.3) is 10.9 Å². The predicted octanol–water partition coefficient (Wildman–Crippen LogP) is 3.64. The summed E-state index contributed by atoms with van der Waals surface area (Å²) in [7, 11) is 2.00. The molecule has 2 aromatic rings. The third kappa shape index (κ3) is 2.72. The molecule has 2 N–H and O–H groups in total. The van der Waals surface area contributed by atoms with Crippen molar-refractivity contribution in [2.24, 2.45) is 0 Å². The van der Waals surface area contributed by atoms with Crippen molar-refractivity contribution < 1.29 is 0 Å². The fourth-order valence-electron chi connectivity index (χ4n) is 2.28. The van der Waals surface area contributed by atoms with Crippen molar-refractivity contribution in [1.82, 2.24) is 10.3 Å². The Morgan fingerprint density at radius 1 is 1.29 bits per heavy atom. The van der Waals surface area contributed by atoms with Crippen LogP contribution in [0.3, 0.4) is 0 Å². The van der Waals surface area contributed by atoms with Gasteiger partial charge in [0, 0.05) is 21.1 Å². The first-order chi connectivity index (χ1) is 8.26. The van der Waals surface area contributed by atoms with E-state index in [1.54, 1.807) is 0 Å². The molecule has 0 unspecified atom stereocenters. The number of aromatic nitrogens is 1. The Morgan fingerprint density at radius 3 is 2.82 bits per heavy atom. The largest absolute Gasteiger partial charge is 0.358 e. The molecule has 0 radical (unpaired) electrons. The highest BCUT2D eigenvalue weighted by molar-refractivity contribution is 9.10. The predicted molar refractivity (Wildman–Crippen MR) is 77.6 cm³/mol. The van der Waals surface area contributed by atoms with Crippen LogP contribution in [-0.2, 0) is 12.8 Å². The standard InChI is InChI=1S/C14H19BrN2/c1-3-4-13-12(7-8-16-2)11-6-5-10(15)9-14(11)17-13/h5-6,9,16-17H,3-4,7-8H2,1-2H3. The molecular formula is C14H19BrN2. The summed E-state index contributed by atoms with van der Waals surface area (Å²) < 4.78 is 1.13. The van der Waals surface area contributed by atoms with E-state index in [1.807, 2.05) is 7.05 Å². The normalized spacial score (nSPS) is 11.2. The molecule has 1 aromatic heterocycles. The molecule has 0 atom stereocenters. The molecule has 0 bridgehead atoms. The molecule has 0 aliphatic heterocycles. The minimum Gasteiger partial charge on any atom is -0.358 e. The summed E-state index contributed by atoms with van der Waals surface area (Å²) in [5.74, 6) is 0. The van der Waals surface area contributed by atoms with E-state index < -0.39 is 0 Å². The van der Waals surface area contributed by atoms with E-state index in [2.05, 4.69) is 51.4 Å². The van der Waals surface area contributed by atoms with Crippen molar-refractivity contribution in [3.05, 3.63) is 33.9 Å². The number of hydrogen-bond acceptors (Lipinski definition) is 1. The minimum atomic E-state index is 1.03. The fraction of sp³-hybridized carbons (Fsp3) is 0.429. The summed E-state index contributed by atoms with van der Waals surface area (Å²) in [5, 5.41) is 4.60. The molecule has 17 heavy (non-hydrogen) atoms. The number of aromatic amines is 1. The first kappa shape index (κ1) is 12.7. The molecular weight excluding hydrogens is 276 g/mol. The molecule has 0 saturated heterocycles. The average molecular weight is 295 g/mol. The van der Waals surface area contributed by atoms with E-state index in [1.165, 1.54) is 28.6 Å². The summed E-state index contributed by atoms with van der Waals surface area (Å²) in [6, 6.07) is 6.49. The van der Waals surface area contributed by atoms with Crippen molar-refractivity contribution >= 4 is 26.8 Å². The summed E-state index contributed by atoms with van der Waals surface area (Å²) in [4.78, 5) is 3.56. The minimum absolute atomic E-state index is 1.03. The van der Waals surface area contributed by atoms with Crippen molar-refractivity contribution in [2.45, 2.75) is 26.2 Å². The average Bonchev–Trinajstić information content (AvgIpc) is 2.63. The van der Waals surface area contributed by atoms with Gasteiger partial charge in [0.2, 0.25) is 0 Å². The maximum absolute atomic E-state index is 3.56. The molecule has 2 nitrogen and oxygen atoms in total. The van der Waals surface area contributed by atoms with Gasteiger partial charge in [-0.2, -0.15) is 0 Å². The Hall–Kier alpha value is -0.800. The molecule has 92 valence electrons. The van der Waals surface area contributed by atoms with Crippen LogP contribution in [0.1, 0.15) is 24.6 Å². The topological polar surface area (TPSA) is 27.8 Å². The Kier molecular flexibility index (Phi) is 4.24. The number of likely N-dealkylation sites (N-methyl/N-ethyl adjacent to an activating group) is 1. The van der Waals surface area contributed by atoms with E-state index in [4.69, 9.17) is 0 Å². The van der Waals surface area contributed by atoms with Crippen LogP contribution in [0, 0.1) is 0 Å². The van der Waals surface area contributed by atoms with Gasteiger partial charge in [-0.25, -0.2) is 0 Å². The maximum atomic E-state index is 3.56. The molecule has 0 saturated carbocycles. The Balaban J connectivity index is 2.46. The molecule has 1 heterocycles. The van der Waals surface area contributed by atoms with Crippen LogP contribution in [0.4, 0.5) is 0 Å². The number of halogens is 1. The molecule has 3 heteroatoms. The second kappa shape index (κ2) is 5.69. The molecule has 0 aliphatic rings. The first-order valence-corrected chi connectivity index (χ1v) is 6.99. The maximum Gasteiger partial charge on any atom is 0.0470 e. The third-order valence-electron chi connectivity index (χ3n) is 3.08. The lowest BCUT2D eigenvalue weighted by atomic mass is 10.1. The summed E-state index contributed by atoms with van der Waals surface area (Å²) in [5.41, 5.74) is 4.12. The van der Waals surface area contributed by atoms with Gasteiger partial charge in [0.25, 0.3) is 0 Å².